The van der Waals surface area contributed by atoms with Crippen LogP contribution in [0.3, 0.4) is 0 Å². The Morgan fingerprint density at radius 1 is 0.680 bits per heavy atom. The molecule has 262 valence electrons. The number of rotatable bonds is 15. The van der Waals surface area contributed by atoms with E-state index in [2.05, 4.69) is 98.6 Å². The quantitative estimate of drug-likeness (QED) is 0.0815. The second kappa shape index (κ2) is 15.2. The SMILES string of the molecule is NCc1ccc(CN(Cc2c[nH]c3ccc(CC(C(=O)O)C4CCNC4)cc23)Cc2c[nH]c3ccc(CC(C(=O)O)C4CCNC4)cc23)cc1. The van der Waals surface area contributed by atoms with Gasteiger partial charge in [0.25, 0.3) is 0 Å². The van der Waals surface area contributed by atoms with Crippen molar-refractivity contribution >= 4 is 33.7 Å². The van der Waals surface area contributed by atoms with Crippen LogP contribution in [0.1, 0.15) is 46.2 Å². The zero-order chi connectivity index (χ0) is 34.6. The van der Waals surface area contributed by atoms with Crippen molar-refractivity contribution in [3.8, 4) is 0 Å². The van der Waals surface area contributed by atoms with Crippen LogP contribution in [-0.2, 0) is 48.6 Å². The highest BCUT2D eigenvalue weighted by molar-refractivity contribution is 5.85. The van der Waals surface area contributed by atoms with E-state index >= 15 is 0 Å². The lowest BCUT2D eigenvalue weighted by molar-refractivity contribution is -0.144. The third-order valence-electron chi connectivity index (χ3n) is 11.0. The normalized spacial score (nSPS) is 19.1. The summed E-state index contributed by atoms with van der Waals surface area (Å²) in [5, 5.41) is 29.0. The predicted octanol–water partition coefficient (Wildman–Crippen LogP) is 5.02. The van der Waals surface area contributed by atoms with Crippen molar-refractivity contribution in [2.75, 3.05) is 26.2 Å². The molecule has 2 fully saturated rings. The minimum absolute atomic E-state index is 0.140. The van der Waals surface area contributed by atoms with Gasteiger partial charge in [0.15, 0.2) is 0 Å². The Morgan fingerprint density at radius 3 is 1.56 bits per heavy atom. The van der Waals surface area contributed by atoms with Crippen molar-refractivity contribution in [3.05, 3.63) is 106 Å². The monoisotopic (exact) mass is 676 g/mol. The van der Waals surface area contributed by atoms with Crippen LogP contribution in [0.25, 0.3) is 21.8 Å². The molecule has 2 saturated heterocycles. The molecule has 0 amide bonds. The minimum atomic E-state index is -0.726. The van der Waals surface area contributed by atoms with Gasteiger partial charge in [0.05, 0.1) is 11.8 Å². The van der Waals surface area contributed by atoms with Crippen molar-refractivity contribution in [1.29, 1.82) is 0 Å². The van der Waals surface area contributed by atoms with Crippen molar-refractivity contribution in [3.63, 3.8) is 0 Å². The summed E-state index contributed by atoms with van der Waals surface area (Å²) in [6.45, 7) is 5.83. The van der Waals surface area contributed by atoms with Gasteiger partial charge in [0.1, 0.15) is 0 Å². The molecule has 10 nitrogen and oxygen atoms in total. The van der Waals surface area contributed by atoms with E-state index in [-0.39, 0.29) is 11.8 Å². The molecule has 0 aliphatic carbocycles. The van der Waals surface area contributed by atoms with Crippen LogP contribution in [0.2, 0.25) is 0 Å². The fourth-order valence-corrected chi connectivity index (χ4v) is 8.12. The number of nitrogens with one attached hydrogen (secondary N) is 4. The number of aromatic amines is 2. The molecule has 2 aliphatic rings. The van der Waals surface area contributed by atoms with Crippen LogP contribution in [0.15, 0.2) is 73.1 Å². The van der Waals surface area contributed by atoms with Crippen LogP contribution < -0.4 is 16.4 Å². The van der Waals surface area contributed by atoms with Gasteiger partial charge in [-0.05, 0) is 121 Å². The van der Waals surface area contributed by atoms with E-state index in [0.717, 1.165) is 95.2 Å². The average Bonchev–Trinajstić information content (AvgIpc) is 3.95. The van der Waals surface area contributed by atoms with E-state index in [1.807, 2.05) is 0 Å². The summed E-state index contributed by atoms with van der Waals surface area (Å²) in [6, 6.07) is 21.1. The van der Waals surface area contributed by atoms with Gasteiger partial charge in [-0.3, -0.25) is 14.5 Å². The van der Waals surface area contributed by atoms with Crippen LogP contribution in [0, 0.1) is 23.7 Å². The third kappa shape index (κ3) is 7.63. The van der Waals surface area contributed by atoms with Crippen LogP contribution in [0.5, 0.6) is 0 Å². The Hall–Kier alpha value is -4.48. The molecule has 3 aromatic carbocycles. The number of aliphatic carboxylic acids is 2. The van der Waals surface area contributed by atoms with Gasteiger partial charge in [0.2, 0.25) is 0 Å². The molecule has 8 N–H and O–H groups in total. The van der Waals surface area contributed by atoms with Gasteiger partial charge in [0, 0.05) is 60.4 Å². The number of carbonyl (C=O) groups is 2. The lowest BCUT2D eigenvalue weighted by Crippen LogP contribution is -2.27. The zero-order valence-electron chi connectivity index (χ0n) is 28.5. The molecule has 2 aromatic heterocycles. The first-order chi connectivity index (χ1) is 24.3. The lowest BCUT2D eigenvalue weighted by Gasteiger charge is -2.23. The Morgan fingerprint density at radius 2 is 1.14 bits per heavy atom. The van der Waals surface area contributed by atoms with Gasteiger partial charge >= 0.3 is 11.9 Å². The number of hydrogen-bond donors (Lipinski definition) is 7. The Labute approximate surface area is 292 Å². The van der Waals surface area contributed by atoms with Crippen LogP contribution in [-0.4, -0.2) is 63.2 Å². The second-order valence-electron chi connectivity index (χ2n) is 14.4. The first-order valence-corrected chi connectivity index (χ1v) is 17.9. The van der Waals surface area contributed by atoms with Crippen LogP contribution in [0.4, 0.5) is 0 Å². The van der Waals surface area contributed by atoms with Gasteiger partial charge in [-0.15, -0.1) is 0 Å². The van der Waals surface area contributed by atoms with E-state index in [0.29, 0.717) is 32.5 Å². The summed E-state index contributed by atoms with van der Waals surface area (Å²) in [6.07, 6.45) is 6.96. The molecular formula is C40H48N6O4. The zero-order valence-corrected chi connectivity index (χ0v) is 28.5. The molecule has 4 atom stereocenters. The smallest absolute Gasteiger partial charge is 0.307 e. The number of carboxylic acids is 2. The number of H-pyrrole nitrogens is 2. The van der Waals surface area contributed by atoms with Gasteiger partial charge in [-0.2, -0.15) is 0 Å². The highest BCUT2D eigenvalue weighted by atomic mass is 16.4. The average molecular weight is 677 g/mol. The van der Waals surface area contributed by atoms with Crippen molar-refractivity contribution in [2.24, 2.45) is 29.4 Å². The summed E-state index contributed by atoms with van der Waals surface area (Å²) in [5.41, 5.74) is 14.6. The third-order valence-corrected chi connectivity index (χ3v) is 11.0. The molecule has 7 rings (SSSR count). The highest BCUT2D eigenvalue weighted by Crippen LogP contribution is 2.30. The maximum atomic E-state index is 12.3. The number of nitrogens with zero attached hydrogens (tertiary/aromatic N) is 1. The second-order valence-corrected chi connectivity index (χ2v) is 14.4. The molecule has 5 aromatic rings. The first-order valence-electron chi connectivity index (χ1n) is 17.9. The Kier molecular flexibility index (Phi) is 10.3. The number of benzene rings is 3. The predicted molar refractivity (Wildman–Crippen MR) is 195 cm³/mol. The van der Waals surface area contributed by atoms with Crippen molar-refractivity contribution in [2.45, 2.75) is 51.9 Å². The molecule has 2 aliphatic heterocycles. The van der Waals surface area contributed by atoms with Crippen molar-refractivity contribution < 1.29 is 19.8 Å². The van der Waals surface area contributed by atoms with E-state index in [4.69, 9.17) is 5.73 Å². The minimum Gasteiger partial charge on any atom is -0.481 e. The molecule has 50 heavy (non-hydrogen) atoms. The Bertz CT molecular complexity index is 1820. The number of carboxylic acid groups (broad SMARTS) is 2. The summed E-state index contributed by atoms with van der Waals surface area (Å²) < 4.78 is 0. The van der Waals surface area contributed by atoms with Crippen LogP contribution >= 0.6 is 0 Å². The molecule has 4 unspecified atom stereocenters. The molecule has 0 spiro atoms. The number of hydrogen-bond acceptors (Lipinski definition) is 6. The molecular weight excluding hydrogens is 628 g/mol. The van der Waals surface area contributed by atoms with E-state index in [1.54, 1.807) is 0 Å². The van der Waals surface area contributed by atoms with Gasteiger partial charge in [-0.1, -0.05) is 36.4 Å². The maximum absolute atomic E-state index is 12.3. The highest BCUT2D eigenvalue weighted by Gasteiger charge is 2.32. The number of nitrogens with two attached hydrogens (primary N) is 1. The topological polar surface area (TPSA) is 159 Å². The van der Waals surface area contributed by atoms with E-state index in [9.17, 15) is 19.8 Å². The molecule has 10 heteroatoms. The van der Waals surface area contributed by atoms with Crippen molar-refractivity contribution in [1.82, 2.24) is 25.5 Å². The largest absolute Gasteiger partial charge is 0.481 e. The first kappa shape index (κ1) is 34.0. The fourth-order valence-electron chi connectivity index (χ4n) is 8.12. The summed E-state index contributed by atoms with van der Waals surface area (Å²) in [4.78, 5) is 33.9. The maximum Gasteiger partial charge on any atom is 0.307 e. The summed E-state index contributed by atoms with van der Waals surface area (Å²) in [5.74, 6) is -2.00. The molecule has 0 bridgehead atoms. The Balaban J connectivity index is 1.16. The molecule has 0 saturated carbocycles. The fraction of sp³-hybridized carbons (Fsp3) is 0.400. The number of aromatic nitrogens is 2. The number of fused-ring (bicyclic) bond motifs is 2. The molecule has 0 radical (unpaired) electrons. The van der Waals surface area contributed by atoms with Gasteiger partial charge < -0.3 is 36.5 Å². The van der Waals surface area contributed by atoms with E-state index in [1.165, 1.54) is 5.56 Å². The lowest BCUT2D eigenvalue weighted by atomic mass is 9.86. The standard InChI is InChI=1S/C40H48N6O4/c41-17-25-1-3-26(4-2-25)22-46(23-31-20-44-37-7-5-27(13-33(31)37)15-35(39(47)48)29-9-11-42-18-29)24-32-21-45-38-8-6-28(14-34(32)38)16-36(40(49)50)30-10-12-43-19-30/h1-8,13-14,20-21,29-30,35-36,42-45H,9-12,15-19,22-24,41H2,(H,47,48)(H,49,50). The summed E-state index contributed by atoms with van der Waals surface area (Å²) in [7, 11) is 0. The summed E-state index contributed by atoms with van der Waals surface area (Å²) >= 11 is 0. The van der Waals surface area contributed by atoms with E-state index < -0.39 is 23.8 Å². The molecule has 4 heterocycles. The van der Waals surface area contributed by atoms with Gasteiger partial charge in [-0.25, -0.2) is 0 Å².